The lowest BCUT2D eigenvalue weighted by Crippen LogP contribution is -1.88. The number of rotatable bonds is 1. The van der Waals surface area contributed by atoms with E-state index in [4.69, 9.17) is 0 Å². The average molecular weight is 177 g/mol. The summed E-state index contributed by atoms with van der Waals surface area (Å²) in [5, 5.41) is 0. The molecule has 0 bridgehead atoms. The maximum Gasteiger partial charge on any atom is 0.0658 e. The van der Waals surface area contributed by atoms with E-state index in [0.717, 1.165) is 5.69 Å². The molecular formula is C12H19N. The van der Waals surface area contributed by atoms with E-state index in [1.54, 1.807) is 0 Å². The molecule has 1 nitrogen and oxygen atoms in total. The first kappa shape index (κ1) is 11.9. The molecular weight excluding hydrogens is 158 g/mol. The van der Waals surface area contributed by atoms with Crippen LogP contribution in [0.5, 0.6) is 0 Å². The minimum Gasteiger partial charge on any atom is -0.257 e. The summed E-state index contributed by atoms with van der Waals surface area (Å²) in [6.45, 7) is 10.2. The monoisotopic (exact) mass is 177 g/mol. The van der Waals surface area contributed by atoms with Crippen molar-refractivity contribution >= 4 is 6.08 Å². The Morgan fingerprint density at radius 2 is 1.85 bits per heavy atom. The molecule has 1 heteroatoms. The van der Waals surface area contributed by atoms with Gasteiger partial charge in [-0.25, -0.2) is 0 Å². The normalized spacial score (nSPS) is 9.62. The van der Waals surface area contributed by atoms with Crippen molar-refractivity contribution in [1.29, 1.82) is 0 Å². The van der Waals surface area contributed by atoms with Crippen LogP contribution in [0.4, 0.5) is 0 Å². The van der Waals surface area contributed by atoms with Gasteiger partial charge in [-0.15, -0.1) is 0 Å². The third-order valence-electron chi connectivity index (χ3n) is 1.84. The van der Waals surface area contributed by atoms with Crippen molar-refractivity contribution in [1.82, 2.24) is 4.98 Å². The Labute approximate surface area is 81.5 Å². The molecule has 1 heterocycles. The molecule has 0 aliphatic rings. The van der Waals surface area contributed by atoms with E-state index in [-0.39, 0.29) is 0 Å². The van der Waals surface area contributed by atoms with Gasteiger partial charge in [-0.3, -0.25) is 4.98 Å². The Bertz CT molecular complexity index is 274. The smallest absolute Gasteiger partial charge is 0.0658 e. The number of nitrogens with zero attached hydrogens (tertiary/aromatic N) is 1. The summed E-state index contributed by atoms with van der Waals surface area (Å²) < 4.78 is 0. The summed E-state index contributed by atoms with van der Waals surface area (Å²) >= 11 is 0. The Kier molecular flexibility index (Phi) is 5.86. The molecule has 1 aromatic heterocycles. The molecule has 0 aromatic carbocycles. The first-order valence-corrected chi connectivity index (χ1v) is 4.80. The molecule has 0 saturated carbocycles. The summed E-state index contributed by atoms with van der Waals surface area (Å²) in [6.07, 6.45) is 5.88. The van der Waals surface area contributed by atoms with E-state index >= 15 is 0 Å². The molecule has 0 spiro atoms. The molecule has 0 atom stereocenters. The van der Waals surface area contributed by atoms with Crippen molar-refractivity contribution in [3.63, 3.8) is 0 Å². The van der Waals surface area contributed by atoms with Crippen molar-refractivity contribution in [3.05, 3.63) is 35.2 Å². The van der Waals surface area contributed by atoms with Gasteiger partial charge in [-0.2, -0.15) is 0 Å². The summed E-state index contributed by atoms with van der Waals surface area (Å²) in [6, 6.07) is 2.03. The predicted octanol–water partition coefficient (Wildman–Crippen LogP) is 3.76. The number of aryl methyl sites for hydroxylation is 1. The van der Waals surface area contributed by atoms with Crippen molar-refractivity contribution in [3.8, 4) is 0 Å². The van der Waals surface area contributed by atoms with Crippen LogP contribution in [0.25, 0.3) is 6.08 Å². The minimum atomic E-state index is 1.08. The minimum absolute atomic E-state index is 1.08. The SMILES string of the molecule is C/C=C\c1nccc(C)c1C.CC. The summed E-state index contributed by atoms with van der Waals surface area (Å²) in [5.74, 6) is 0. The third kappa shape index (κ3) is 3.41. The van der Waals surface area contributed by atoms with E-state index in [0.29, 0.717) is 0 Å². The molecule has 1 aromatic rings. The molecule has 13 heavy (non-hydrogen) atoms. The molecule has 0 fully saturated rings. The van der Waals surface area contributed by atoms with Gasteiger partial charge in [0.15, 0.2) is 0 Å². The molecule has 0 amide bonds. The van der Waals surface area contributed by atoms with Gasteiger partial charge in [0.1, 0.15) is 0 Å². The lowest BCUT2D eigenvalue weighted by atomic mass is 10.1. The number of aromatic nitrogens is 1. The van der Waals surface area contributed by atoms with Crippen molar-refractivity contribution in [2.24, 2.45) is 0 Å². The molecule has 0 radical (unpaired) electrons. The quantitative estimate of drug-likeness (QED) is 0.636. The molecule has 0 aliphatic heterocycles. The fraction of sp³-hybridized carbons (Fsp3) is 0.417. The average Bonchev–Trinajstić information content (AvgIpc) is 2.17. The number of hydrogen-bond acceptors (Lipinski definition) is 1. The second-order valence-corrected chi connectivity index (χ2v) is 2.64. The number of pyridine rings is 1. The first-order valence-electron chi connectivity index (χ1n) is 4.80. The second-order valence-electron chi connectivity index (χ2n) is 2.64. The topological polar surface area (TPSA) is 12.9 Å². The van der Waals surface area contributed by atoms with Crippen molar-refractivity contribution < 1.29 is 0 Å². The van der Waals surface area contributed by atoms with Crippen LogP contribution in [0, 0.1) is 13.8 Å². The van der Waals surface area contributed by atoms with E-state index in [1.807, 2.05) is 45.2 Å². The highest BCUT2D eigenvalue weighted by Crippen LogP contribution is 2.10. The number of allylic oxidation sites excluding steroid dienone is 1. The Morgan fingerprint density at radius 3 is 2.38 bits per heavy atom. The molecule has 72 valence electrons. The number of hydrogen-bond donors (Lipinski definition) is 0. The van der Waals surface area contributed by atoms with Crippen LogP contribution in [0.15, 0.2) is 18.3 Å². The molecule has 0 aliphatic carbocycles. The highest BCUT2D eigenvalue weighted by molar-refractivity contribution is 5.50. The van der Waals surface area contributed by atoms with Crippen molar-refractivity contribution in [2.75, 3.05) is 0 Å². The maximum atomic E-state index is 4.24. The fourth-order valence-corrected chi connectivity index (χ4v) is 0.979. The van der Waals surface area contributed by atoms with E-state index in [2.05, 4.69) is 18.8 Å². The van der Waals surface area contributed by atoms with Gasteiger partial charge in [-0.1, -0.05) is 19.9 Å². The molecule has 1 rings (SSSR count). The molecule has 0 saturated heterocycles. The lowest BCUT2D eigenvalue weighted by Gasteiger charge is -2.01. The standard InChI is InChI=1S/C10H13N.C2H6/c1-4-5-10-9(3)8(2)6-7-11-10;1-2/h4-7H,1-3H3;1-2H3/b5-4-;. The zero-order valence-electron chi connectivity index (χ0n) is 9.26. The zero-order valence-corrected chi connectivity index (χ0v) is 9.26. The van der Waals surface area contributed by atoms with Gasteiger partial charge >= 0.3 is 0 Å². The Morgan fingerprint density at radius 1 is 1.23 bits per heavy atom. The van der Waals surface area contributed by atoms with Crippen molar-refractivity contribution in [2.45, 2.75) is 34.6 Å². The van der Waals surface area contributed by atoms with Crippen LogP contribution in [0.2, 0.25) is 0 Å². The van der Waals surface area contributed by atoms with Gasteiger partial charge in [0.25, 0.3) is 0 Å². The lowest BCUT2D eigenvalue weighted by molar-refractivity contribution is 1.19. The summed E-state index contributed by atoms with van der Waals surface area (Å²) in [7, 11) is 0. The van der Waals surface area contributed by atoms with Gasteiger partial charge in [0, 0.05) is 6.20 Å². The summed E-state index contributed by atoms with van der Waals surface area (Å²) in [5.41, 5.74) is 3.64. The van der Waals surface area contributed by atoms with Crippen LogP contribution in [-0.4, -0.2) is 4.98 Å². The largest absolute Gasteiger partial charge is 0.257 e. The van der Waals surface area contributed by atoms with Gasteiger partial charge < -0.3 is 0 Å². The van der Waals surface area contributed by atoms with Crippen LogP contribution in [-0.2, 0) is 0 Å². The highest BCUT2D eigenvalue weighted by Gasteiger charge is 1.96. The highest BCUT2D eigenvalue weighted by atomic mass is 14.7. The third-order valence-corrected chi connectivity index (χ3v) is 1.84. The van der Waals surface area contributed by atoms with Crippen LogP contribution in [0.3, 0.4) is 0 Å². The maximum absolute atomic E-state index is 4.24. The van der Waals surface area contributed by atoms with Gasteiger partial charge in [0.2, 0.25) is 0 Å². The van der Waals surface area contributed by atoms with E-state index in [9.17, 15) is 0 Å². The Balaban J connectivity index is 0.000000671. The van der Waals surface area contributed by atoms with E-state index < -0.39 is 0 Å². The Hall–Kier alpha value is -1.11. The van der Waals surface area contributed by atoms with E-state index in [1.165, 1.54) is 11.1 Å². The zero-order chi connectivity index (χ0) is 10.3. The van der Waals surface area contributed by atoms with Crippen LogP contribution >= 0.6 is 0 Å². The van der Waals surface area contributed by atoms with Gasteiger partial charge in [0.05, 0.1) is 5.69 Å². The summed E-state index contributed by atoms with van der Waals surface area (Å²) in [4.78, 5) is 4.24. The second kappa shape index (κ2) is 6.41. The fourth-order valence-electron chi connectivity index (χ4n) is 0.979. The van der Waals surface area contributed by atoms with Crippen LogP contribution < -0.4 is 0 Å². The first-order chi connectivity index (χ1) is 6.25. The van der Waals surface area contributed by atoms with Gasteiger partial charge in [-0.05, 0) is 44.0 Å². The molecule has 0 unspecified atom stereocenters. The van der Waals surface area contributed by atoms with Crippen LogP contribution in [0.1, 0.15) is 37.6 Å². The predicted molar refractivity (Wildman–Crippen MR) is 59.8 cm³/mol. The molecule has 0 N–H and O–H groups in total.